The number of para-hydroxylation sites is 1. The molecule has 0 N–H and O–H groups in total. The van der Waals surface area contributed by atoms with E-state index in [2.05, 4.69) is 0 Å². The number of hydrogen-bond donors (Lipinski definition) is 0. The molecule has 1 aliphatic rings. The number of carbonyl (C=O) groups is 1. The number of rotatable bonds is 5. The molecule has 6 nitrogen and oxygen atoms in total. The number of allylic oxidation sites excluding steroid dienone is 1. The van der Waals surface area contributed by atoms with Gasteiger partial charge in [0, 0.05) is 36.1 Å². The number of ether oxygens (including phenoxy) is 1. The van der Waals surface area contributed by atoms with Gasteiger partial charge in [0.2, 0.25) is 0 Å². The summed E-state index contributed by atoms with van der Waals surface area (Å²) in [5.41, 5.74) is 2.21. The van der Waals surface area contributed by atoms with E-state index in [1.165, 1.54) is 12.1 Å². The van der Waals surface area contributed by atoms with Crippen molar-refractivity contribution in [1.29, 1.82) is 0 Å². The summed E-state index contributed by atoms with van der Waals surface area (Å²) >= 11 is 0. The molecule has 1 unspecified atom stereocenters. The highest BCUT2D eigenvalue weighted by molar-refractivity contribution is 5.92. The molecule has 1 heterocycles. The quantitative estimate of drug-likeness (QED) is 0.460. The zero-order valence-corrected chi connectivity index (χ0v) is 14.2. The Balaban J connectivity index is 1.95. The first kappa shape index (κ1) is 17.4. The highest BCUT2D eigenvalue weighted by atomic mass is 16.6. The van der Waals surface area contributed by atoms with Crippen LogP contribution in [0.25, 0.3) is 0 Å². The molecule has 0 fully saturated rings. The molecule has 132 valence electrons. The van der Waals surface area contributed by atoms with E-state index in [0.717, 1.165) is 11.3 Å². The van der Waals surface area contributed by atoms with Crippen LogP contribution in [0.2, 0.25) is 0 Å². The molecule has 0 aliphatic carbocycles. The molecule has 0 bridgehead atoms. The van der Waals surface area contributed by atoms with E-state index in [1.54, 1.807) is 25.3 Å². The smallest absolute Gasteiger partial charge is 0.336 e. The first-order chi connectivity index (χ1) is 12.6. The van der Waals surface area contributed by atoms with Gasteiger partial charge in [-0.3, -0.25) is 10.1 Å². The van der Waals surface area contributed by atoms with Crippen LogP contribution in [0.4, 0.5) is 11.4 Å². The third-order valence-corrected chi connectivity index (χ3v) is 4.08. The van der Waals surface area contributed by atoms with E-state index in [4.69, 9.17) is 4.74 Å². The van der Waals surface area contributed by atoms with Crippen molar-refractivity contribution in [2.75, 3.05) is 11.5 Å². The first-order valence-electron chi connectivity index (χ1n) is 8.25. The van der Waals surface area contributed by atoms with E-state index >= 15 is 0 Å². The second-order valence-electron chi connectivity index (χ2n) is 5.72. The van der Waals surface area contributed by atoms with Gasteiger partial charge in [0.05, 0.1) is 17.1 Å². The lowest BCUT2D eigenvalue weighted by molar-refractivity contribution is -0.384. The highest BCUT2D eigenvalue weighted by Gasteiger charge is 2.26. The average molecular weight is 350 g/mol. The Bertz CT molecular complexity index is 857. The van der Waals surface area contributed by atoms with Crippen molar-refractivity contribution in [3.63, 3.8) is 0 Å². The number of nitro groups is 1. The molecule has 1 aliphatic heterocycles. The predicted octanol–water partition coefficient (Wildman–Crippen LogP) is 4.16. The number of anilines is 1. The maximum atomic E-state index is 12.5. The SMILES string of the molecule is CCOC(=O)C1=CN(c2ccccc2)C=CC1c1ccc([N+](=O)[O-])cc1. The topological polar surface area (TPSA) is 72.7 Å². The van der Waals surface area contributed by atoms with E-state index in [1.807, 2.05) is 47.5 Å². The molecule has 0 saturated carbocycles. The average Bonchev–Trinajstić information content (AvgIpc) is 2.68. The Morgan fingerprint density at radius 2 is 1.85 bits per heavy atom. The van der Waals surface area contributed by atoms with Crippen LogP contribution in [0.5, 0.6) is 0 Å². The van der Waals surface area contributed by atoms with Gasteiger partial charge in [-0.05, 0) is 24.6 Å². The summed E-state index contributed by atoms with van der Waals surface area (Å²) in [5.74, 6) is -0.726. The van der Waals surface area contributed by atoms with Gasteiger partial charge in [-0.2, -0.15) is 0 Å². The summed E-state index contributed by atoms with van der Waals surface area (Å²) in [4.78, 5) is 24.7. The van der Waals surface area contributed by atoms with Crippen molar-refractivity contribution in [1.82, 2.24) is 0 Å². The van der Waals surface area contributed by atoms with Crippen LogP contribution in [-0.4, -0.2) is 17.5 Å². The van der Waals surface area contributed by atoms with Crippen LogP contribution in [0, 0.1) is 10.1 Å². The molecular formula is C20H18N2O4. The number of hydrogen-bond acceptors (Lipinski definition) is 5. The van der Waals surface area contributed by atoms with Crippen LogP contribution in [0.15, 0.2) is 78.6 Å². The van der Waals surface area contributed by atoms with Gasteiger partial charge < -0.3 is 9.64 Å². The van der Waals surface area contributed by atoms with Crippen molar-refractivity contribution in [3.8, 4) is 0 Å². The van der Waals surface area contributed by atoms with E-state index in [-0.39, 0.29) is 18.2 Å². The Labute approximate surface area is 151 Å². The lowest BCUT2D eigenvalue weighted by Crippen LogP contribution is -2.22. The molecule has 0 spiro atoms. The molecule has 2 aromatic carbocycles. The minimum Gasteiger partial charge on any atom is -0.463 e. The standard InChI is InChI=1S/C20H18N2O4/c1-2-26-20(23)19-14-21(16-6-4-3-5-7-16)13-12-18(19)15-8-10-17(11-9-15)22(24)25/h3-14,18H,2H2,1H3. The second-order valence-corrected chi connectivity index (χ2v) is 5.72. The van der Waals surface area contributed by atoms with Crippen molar-refractivity contribution in [3.05, 3.63) is 94.3 Å². The van der Waals surface area contributed by atoms with Crippen LogP contribution in [-0.2, 0) is 9.53 Å². The van der Waals surface area contributed by atoms with Gasteiger partial charge in [0.15, 0.2) is 0 Å². The minimum atomic E-state index is -0.445. The van der Waals surface area contributed by atoms with Crippen molar-refractivity contribution in [2.45, 2.75) is 12.8 Å². The fourth-order valence-corrected chi connectivity index (χ4v) is 2.80. The molecule has 6 heteroatoms. The van der Waals surface area contributed by atoms with Gasteiger partial charge in [0.25, 0.3) is 5.69 Å². The molecule has 2 aromatic rings. The molecule has 0 saturated heterocycles. The molecule has 1 atom stereocenters. The van der Waals surface area contributed by atoms with Gasteiger partial charge in [-0.25, -0.2) is 4.79 Å². The number of nitro benzene ring substituents is 1. The zero-order valence-electron chi connectivity index (χ0n) is 14.2. The van der Waals surface area contributed by atoms with Crippen molar-refractivity contribution < 1.29 is 14.5 Å². The Hall–Kier alpha value is -3.41. The fourth-order valence-electron chi connectivity index (χ4n) is 2.80. The summed E-state index contributed by atoms with van der Waals surface area (Å²) in [6.45, 7) is 2.03. The maximum Gasteiger partial charge on any atom is 0.336 e. The normalized spacial score (nSPS) is 16.1. The lowest BCUT2D eigenvalue weighted by atomic mass is 9.89. The van der Waals surface area contributed by atoms with Gasteiger partial charge in [0.1, 0.15) is 0 Å². The van der Waals surface area contributed by atoms with E-state index in [9.17, 15) is 14.9 Å². The van der Waals surface area contributed by atoms with Gasteiger partial charge in [-0.1, -0.05) is 36.4 Å². The molecule has 0 radical (unpaired) electrons. The lowest BCUT2D eigenvalue weighted by Gasteiger charge is -2.26. The second kappa shape index (κ2) is 7.65. The number of benzene rings is 2. The summed E-state index contributed by atoms with van der Waals surface area (Å²) in [6.07, 6.45) is 5.52. The summed E-state index contributed by atoms with van der Waals surface area (Å²) in [7, 11) is 0. The first-order valence-corrected chi connectivity index (χ1v) is 8.25. The molecule has 0 amide bonds. The maximum absolute atomic E-state index is 12.5. The molecule has 3 rings (SSSR count). The minimum absolute atomic E-state index is 0.0149. The highest BCUT2D eigenvalue weighted by Crippen LogP contribution is 2.33. The van der Waals surface area contributed by atoms with Gasteiger partial charge >= 0.3 is 5.97 Å². The van der Waals surface area contributed by atoms with Crippen molar-refractivity contribution in [2.24, 2.45) is 0 Å². The van der Waals surface area contributed by atoms with Crippen molar-refractivity contribution >= 4 is 17.3 Å². The number of esters is 1. The van der Waals surface area contributed by atoms with Crippen LogP contribution in [0.3, 0.4) is 0 Å². The fraction of sp³-hybridized carbons (Fsp3) is 0.150. The number of non-ortho nitro benzene ring substituents is 1. The number of carbonyl (C=O) groups excluding carboxylic acids is 1. The Morgan fingerprint density at radius 3 is 2.46 bits per heavy atom. The van der Waals surface area contributed by atoms with Crippen LogP contribution in [0.1, 0.15) is 18.4 Å². The molecule has 0 aromatic heterocycles. The molecule has 26 heavy (non-hydrogen) atoms. The predicted molar refractivity (Wildman–Crippen MR) is 98.6 cm³/mol. The summed E-state index contributed by atoms with van der Waals surface area (Å²) < 4.78 is 5.20. The number of nitrogens with zero attached hydrogens (tertiary/aromatic N) is 2. The summed E-state index contributed by atoms with van der Waals surface area (Å²) in [6, 6.07) is 15.9. The summed E-state index contributed by atoms with van der Waals surface area (Å²) in [5, 5.41) is 10.8. The zero-order chi connectivity index (χ0) is 18.5. The molecular weight excluding hydrogens is 332 g/mol. The van der Waals surface area contributed by atoms with Crippen LogP contribution < -0.4 is 4.90 Å². The van der Waals surface area contributed by atoms with Gasteiger partial charge in [-0.15, -0.1) is 0 Å². The van der Waals surface area contributed by atoms with Crippen LogP contribution >= 0.6 is 0 Å². The van der Waals surface area contributed by atoms with E-state index in [0.29, 0.717) is 5.57 Å². The van der Waals surface area contributed by atoms with E-state index < -0.39 is 10.9 Å². The monoisotopic (exact) mass is 350 g/mol. The Kier molecular flexibility index (Phi) is 5.12. The Morgan fingerprint density at radius 1 is 1.15 bits per heavy atom. The third kappa shape index (κ3) is 3.64. The third-order valence-electron chi connectivity index (χ3n) is 4.08. The largest absolute Gasteiger partial charge is 0.463 e.